The van der Waals surface area contributed by atoms with Gasteiger partial charge >= 0.3 is 0 Å². The molecule has 0 bridgehead atoms. The van der Waals surface area contributed by atoms with Crippen molar-refractivity contribution in [3.05, 3.63) is 36.5 Å². The topological polar surface area (TPSA) is 49.0 Å². The Morgan fingerprint density at radius 2 is 1.67 bits per heavy atom. The lowest BCUT2D eigenvalue weighted by Crippen LogP contribution is -2.63. The second-order valence-electron chi connectivity index (χ2n) is 11.0. The third-order valence-electron chi connectivity index (χ3n) is 7.93. The molecule has 1 aromatic carbocycles. The fraction of sp³-hybridized carbons (Fsp3) is 0.758. The Kier molecular flexibility index (Phi) is 18.2. The predicted molar refractivity (Wildman–Crippen MR) is 170 cm³/mol. The number of ether oxygens (including phenoxy) is 2. The molecule has 2 aliphatic rings. The van der Waals surface area contributed by atoms with E-state index in [0.29, 0.717) is 0 Å². The van der Waals surface area contributed by atoms with Crippen LogP contribution in [0.5, 0.6) is 5.75 Å². The van der Waals surface area contributed by atoms with Crippen LogP contribution in [0.4, 0.5) is 5.69 Å². The van der Waals surface area contributed by atoms with Crippen LogP contribution < -0.4 is 15.4 Å². The normalized spacial score (nSPS) is 18.8. The summed E-state index contributed by atoms with van der Waals surface area (Å²) < 4.78 is 10.9. The van der Waals surface area contributed by atoms with Crippen LogP contribution in [0.25, 0.3) is 0 Å². The summed E-state index contributed by atoms with van der Waals surface area (Å²) in [4.78, 5) is 5.13. The molecule has 1 saturated heterocycles. The molecule has 1 aromatic rings. The van der Waals surface area contributed by atoms with E-state index in [-0.39, 0.29) is 11.8 Å². The minimum Gasteiger partial charge on any atom is -0.497 e. The van der Waals surface area contributed by atoms with E-state index in [2.05, 4.69) is 67.0 Å². The second-order valence-corrected chi connectivity index (χ2v) is 11.0. The zero-order valence-electron chi connectivity index (χ0n) is 26.8. The Morgan fingerprint density at radius 1 is 1.08 bits per heavy atom. The number of nitrogens with zero attached hydrogens (tertiary/aromatic N) is 2. The van der Waals surface area contributed by atoms with Crippen molar-refractivity contribution in [3.63, 3.8) is 0 Å². The first-order chi connectivity index (χ1) is 18.8. The predicted octanol–water partition coefficient (Wildman–Crippen LogP) is 7.87. The highest BCUT2D eigenvalue weighted by atomic mass is 16.5. The van der Waals surface area contributed by atoms with E-state index < -0.39 is 0 Å². The maximum atomic E-state index is 5.59. The highest BCUT2D eigenvalue weighted by Crippen LogP contribution is 2.30. The fourth-order valence-corrected chi connectivity index (χ4v) is 5.70. The Morgan fingerprint density at radius 3 is 2.15 bits per heavy atom. The van der Waals surface area contributed by atoms with Crippen molar-refractivity contribution in [1.82, 2.24) is 15.1 Å². The van der Waals surface area contributed by atoms with E-state index in [4.69, 9.17) is 9.47 Å². The zero-order chi connectivity index (χ0) is 29.1. The largest absolute Gasteiger partial charge is 0.497 e. The number of rotatable bonds is 12. The summed E-state index contributed by atoms with van der Waals surface area (Å²) in [5, 5.41) is 7.17. The highest BCUT2D eigenvalue weighted by molar-refractivity contribution is 5.47. The monoisotopic (exact) mass is 546 g/mol. The number of nitrogens with one attached hydrogen (secondary N) is 2. The molecule has 39 heavy (non-hydrogen) atoms. The van der Waals surface area contributed by atoms with Crippen molar-refractivity contribution in [1.29, 1.82) is 0 Å². The van der Waals surface area contributed by atoms with Crippen LogP contribution in [0.1, 0.15) is 106 Å². The number of morpholine rings is 1. The minimum atomic E-state index is 0.0256. The molecule has 1 aliphatic carbocycles. The van der Waals surface area contributed by atoms with Crippen LogP contribution in [-0.2, 0) is 4.74 Å². The summed E-state index contributed by atoms with van der Waals surface area (Å²) >= 11 is 0. The molecule has 1 saturated carbocycles. The van der Waals surface area contributed by atoms with Gasteiger partial charge in [0.15, 0.2) is 0 Å². The van der Waals surface area contributed by atoms with Gasteiger partial charge in [-0.05, 0) is 70.8 Å². The smallest absolute Gasteiger partial charge is 0.119 e. The number of allylic oxidation sites excluding steroid dienone is 1. The van der Waals surface area contributed by atoms with Crippen molar-refractivity contribution in [3.8, 4) is 5.75 Å². The fourth-order valence-electron chi connectivity index (χ4n) is 5.70. The Labute approximate surface area is 241 Å². The molecular formula is C33H62N4O2. The van der Waals surface area contributed by atoms with E-state index >= 15 is 0 Å². The Hall–Kier alpha value is -1.76. The minimum absolute atomic E-state index is 0.0256. The van der Waals surface area contributed by atoms with Crippen LogP contribution in [0.2, 0.25) is 0 Å². The Balaban J connectivity index is 0.000000487. The molecule has 1 heterocycles. The number of hydrogen-bond acceptors (Lipinski definition) is 6. The molecular weight excluding hydrogens is 484 g/mol. The molecule has 2 unspecified atom stereocenters. The van der Waals surface area contributed by atoms with Gasteiger partial charge in [-0.2, -0.15) is 0 Å². The van der Waals surface area contributed by atoms with E-state index in [1.165, 1.54) is 44.9 Å². The van der Waals surface area contributed by atoms with Gasteiger partial charge in [0.2, 0.25) is 0 Å². The number of benzene rings is 1. The maximum absolute atomic E-state index is 5.59. The SMILES string of the molecule is C=C(C)NC1CCCCCC1.CC.CCCC(Nc1ccc(OC)cc1)N(C)C(C)(CCC)N1CCOCC1. The lowest BCUT2D eigenvalue weighted by atomic mass is 9.99. The lowest BCUT2D eigenvalue weighted by Gasteiger charge is -2.51. The van der Waals surface area contributed by atoms with Crippen LogP contribution in [0.3, 0.4) is 0 Å². The molecule has 226 valence electrons. The van der Waals surface area contributed by atoms with Gasteiger partial charge in [-0.25, -0.2) is 0 Å². The first-order valence-electron chi connectivity index (χ1n) is 15.7. The van der Waals surface area contributed by atoms with E-state index in [0.717, 1.165) is 68.7 Å². The van der Waals surface area contributed by atoms with Crippen molar-refractivity contribution < 1.29 is 9.47 Å². The van der Waals surface area contributed by atoms with Gasteiger partial charge in [0, 0.05) is 30.5 Å². The average molecular weight is 547 g/mol. The van der Waals surface area contributed by atoms with Crippen molar-refractivity contribution >= 4 is 5.69 Å². The molecule has 2 fully saturated rings. The van der Waals surface area contributed by atoms with E-state index in [1.54, 1.807) is 7.11 Å². The lowest BCUT2D eigenvalue weighted by molar-refractivity contribution is -0.0990. The molecule has 0 spiro atoms. The summed E-state index contributed by atoms with van der Waals surface area (Å²) in [5.41, 5.74) is 2.28. The van der Waals surface area contributed by atoms with Crippen molar-refractivity contribution in [2.24, 2.45) is 0 Å². The van der Waals surface area contributed by atoms with Crippen molar-refractivity contribution in [2.75, 3.05) is 45.8 Å². The molecule has 0 radical (unpaired) electrons. The highest BCUT2D eigenvalue weighted by Gasteiger charge is 2.38. The van der Waals surface area contributed by atoms with Gasteiger partial charge in [-0.15, -0.1) is 0 Å². The van der Waals surface area contributed by atoms with Gasteiger partial charge in [0.05, 0.1) is 32.2 Å². The molecule has 2 N–H and O–H groups in total. The number of hydrogen-bond donors (Lipinski definition) is 2. The average Bonchev–Trinajstić information content (AvgIpc) is 3.23. The molecule has 0 aromatic heterocycles. The van der Waals surface area contributed by atoms with Gasteiger partial charge < -0.3 is 20.1 Å². The van der Waals surface area contributed by atoms with Crippen LogP contribution >= 0.6 is 0 Å². The third-order valence-corrected chi connectivity index (χ3v) is 7.93. The summed E-state index contributed by atoms with van der Waals surface area (Å²) in [6, 6.07) is 8.94. The first-order valence-corrected chi connectivity index (χ1v) is 15.7. The number of methoxy groups -OCH3 is 1. The third kappa shape index (κ3) is 12.5. The van der Waals surface area contributed by atoms with Crippen LogP contribution in [0, 0.1) is 0 Å². The second kappa shape index (κ2) is 20.2. The Bertz CT molecular complexity index is 743. The molecule has 6 heteroatoms. The summed E-state index contributed by atoms with van der Waals surface area (Å²) in [5.74, 6) is 0.889. The molecule has 6 nitrogen and oxygen atoms in total. The molecule has 3 rings (SSSR count). The van der Waals surface area contributed by atoms with Crippen molar-refractivity contribution in [2.45, 2.75) is 124 Å². The summed E-state index contributed by atoms with van der Waals surface area (Å²) in [6.07, 6.45) is 13.2. The maximum Gasteiger partial charge on any atom is 0.119 e. The standard InChI is InChI=1S/C21H37N3O2.C10H19N.C2H6/c1-6-8-20(22-18-9-11-19(25-5)12-10-18)23(4)21(3,13-7-2)24-14-16-26-17-15-24;1-9(2)11-10-7-5-3-4-6-8-10;1-2/h9-12,20,22H,6-8,13-17H2,1-5H3;10-11H,1,3-8H2,2H3;1-2H3. The van der Waals surface area contributed by atoms with Gasteiger partial charge in [-0.3, -0.25) is 9.80 Å². The molecule has 0 amide bonds. The van der Waals surface area contributed by atoms with Gasteiger partial charge in [0.1, 0.15) is 5.75 Å². The van der Waals surface area contributed by atoms with E-state index in [9.17, 15) is 0 Å². The summed E-state index contributed by atoms with van der Waals surface area (Å²) in [6.45, 7) is 20.5. The molecule has 1 aliphatic heterocycles. The first kappa shape index (κ1) is 35.3. The van der Waals surface area contributed by atoms with Gasteiger partial charge in [0.25, 0.3) is 0 Å². The van der Waals surface area contributed by atoms with Gasteiger partial charge in [-0.1, -0.05) is 72.8 Å². The number of anilines is 1. The quantitative estimate of drug-likeness (QED) is 0.205. The van der Waals surface area contributed by atoms with E-state index in [1.807, 2.05) is 32.9 Å². The van der Waals surface area contributed by atoms with Crippen LogP contribution in [0.15, 0.2) is 36.5 Å². The summed E-state index contributed by atoms with van der Waals surface area (Å²) in [7, 11) is 3.97. The molecule has 2 atom stereocenters. The zero-order valence-corrected chi connectivity index (χ0v) is 26.8. The van der Waals surface area contributed by atoms with Crippen LogP contribution in [-0.4, -0.2) is 68.1 Å².